The molecule has 2 fully saturated rings. The van der Waals surface area contributed by atoms with Crippen LogP contribution in [0.4, 0.5) is 22.4 Å². The van der Waals surface area contributed by atoms with Crippen LogP contribution >= 0.6 is 11.6 Å². The van der Waals surface area contributed by atoms with Gasteiger partial charge in [-0.15, -0.1) is 0 Å². The average molecular weight is 464 g/mol. The normalized spacial score (nSPS) is 22.5. The number of hydrogen-bond donors (Lipinski definition) is 2. The van der Waals surface area contributed by atoms with Crippen LogP contribution in [0.1, 0.15) is 37.8 Å². The number of carbonyl (C=O) groups is 1. The van der Waals surface area contributed by atoms with Gasteiger partial charge >= 0.3 is 6.09 Å². The van der Waals surface area contributed by atoms with E-state index in [4.69, 9.17) is 21.1 Å². The predicted molar refractivity (Wildman–Crippen MR) is 122 cm³/mol. The fraction of sp³-hybridized carbons (Fsp3) is 0.619. The van der Waals surface area contributed by atoms with E-state index in [1.807, 2.05) is 24.9 Å². The second-order valence-corrected chi connectivity index (χ2v) is 8.81. The van der Waals surface area contributed by atoms with Gasteiger partial charge in [-0.25, -0.2) is 9.78 Å². The number of aryl methyl sites for hydroxylation is 1. The number of hydrogen-bond acceptors (Lipinski definition) is 8. The molecule has 2 aromatic heterocycles. The quantitative estimate of drug-likeness (QED) is 0.474. The van der Waals surface area contributed by atoms with E-state index in [-0.39, 0.29) is 30.8 Å². The van der Waals surface area contributed by atoms with Gasteiger partial charge in [0.25, 0.3) is 0 Å². The summed E-state index contributed by atoms with van der Waals surface area (Å²) in [6, 6.07) is 4.06. The summed E-state index contributed by atoms with van der Waals surface area (Å²) < 4.78 is 10.4. The third kappa shape index (κ3) is 5.07. The highest BCUT2D eigenvalue weighted by molar-refractivity contribution is 6.29. The highest BCUT2D eigenvalue weighted by Gasteiger charge is 2.43. The molecule has 0 saturated carbocycles. The van der Waals surface area contributed by atoms with Crippen LogP contribution < -0.4 is 10.2 Å². The molecule has 10 nitrogen and oxygen atoms in total. The maximum Gasteiger partial charge on any atom is 0.410 e. The molecular formula is C21H30ClN7O3. The maximum absolute atomic E-state index is 12.7. The number of ether oxygens (including phenoxy) is 2. The van der Waals surface area contributed by atoms with Crippen molar-refractivity contribution in [3.63, 3.8) is 0 Å². The summed E-state index contributed by atoms with van der Waals surface area (Å²) in [5.74, 6) is 1.80. The average Bonchev–Trinajstić information content (AvgIpc) is 3.16. The predicted octanol–water partition coefficient (Wildman–Crippen LogP) is 3.51. The number of rotatable bonds is 7. The number of halogens is 1. The summed E-state index contributed by atoms with van der Waals surface area (Å²) in [6.45, 7) is 2.61. The lowest BCUT2D eigenvalue weighted by atomic mass is 9.81. The van der Waals surface area contributed by atoms with Crippen LogP contribution in [0.5, 0.6) is 0 Å². The van der Waals surface area contributed by atoms with Crippen LogP contribution in [0.2, 0.25) is 5.15 Å². The smallest absolute Gasteiger partial charge is 0.410 e. The van der Waals surface area contributed by atoms with Gasteiger partial charge in [-0.3, -0.25) is 5.10 Å². The molecule has 1 amide bonds. The van der Waals surface area contributed by atoms with Crippen LogP contribution in [-0.2, 0) is 9.47 Å². The molecule has 32 heavy (non-hydrogen) atoms. The molecule has 2 aliphatic heterocycles. The first kappa shape index (κ1) is 22.6. The molecule has 174 valence electrons. The molecule has 0 radical (unpaired) electrons. The van der Waals surface area contributed by atoms with Crippen LogP contribution in [-0.4, -0.2) is 76.7 Å². The van der Waals surface area contributed by atoms with Crippen molar-refractivity contribution < 1.29 is 14.3 Å². The minimum absolute atomic E-state index is 0.147. The Hall–Kier alpha value is -2.59. The summed E-state index contributed by atoms with van der Waals surface area (Å²) in [4.78, 5) is 25.8. The summed E-state index contributed by atoms with van der Waals surface area (Å²) in [6.07, 6.45) is 4.51. The molecule has 4 rings (SSSR count). The highest BCUT2D eigenvalue weighted by Crippen LogP contribution is 2.37. The summed E-state index contributed by atoms with van der Waals surface area (Å²) in [5.41, 5.74) is 0.948. The molecule has 0 aliphatic carbocycles. The van der Waals surface area contributed by atoms with Crippen LogP contribution in [0.25, 0.3) is 0 Å². The molecule has 2 saturated heterocycles. The molecule has 1 unspecified atom stereocenters. The van der Waals surface area contributed by atoms with Crippen molar-refractivity contribution in [1.29, 1.82) is 0 Å². The molecular weight excluding hydrogens is 434 g/mol. The standard InChI is InChI=1S/C21H30ClN7O3/c1-13-9-19(27-26-13)24-18-12-17(22)23-20(25-18)28(2)16-10-14-5-4-6-15(11-16)29(14)21(30)32-8-7-31-3/h9,12,14-16H,4-8,10-11H2,1-3H3,(H2,23,24,25,26,27)/t14-,15+,16?. The SMILES string of the molecule is COCCOC(=O)N1[C@@H]2CCC[C@H]1CC(N(C)c1nc(Cl)cc(Nc3cc(C)[nH]n3)n1)C2. The Morgan fingerprint density at radius 2 is 2.00 bits per heavy atom. The third-order valence-electron chi connectivity index (χ3n) is 6.18. The van der Waals surface area contributed by atoms with E-state index < -0.39 is 0 Å². The first-order valence-corrected chi connectivity index (χ1v) is 11.3. The Labute approximate surface area is 192 Å². The van der Waals surface area contributed by atoms with Gasteiger partial charge in [-0.05, 0) is 39.0 Å². The number of nitrogens with zero attached hydrogens (tertiary/aromatic N) is 5. The number of nitrogens with one attached hydrogen (secondary N) is 2. The molecule has 4 heterocycles. The van der Waals surface area contributed by atoms with Gasteiger partial charge in [0.2, 0.25) is 5.95 Å². The van der Waals surface area contributed by atoms with Crippen molar-refractivity contribution >= 4 is 35.3 Å². The van der Waals surface area contributed by atoms with E-state index in [1.54, 1.807) is 13.2 Å². The lowest BCUT2D eigenvalue weighted by molar-refractivity contribution is 0.00862. The zero-order valence-electron chi connectivity index (χ0n) is 18.7. The second kappa shape index (κ2) is 9.91. The minimum atomic E-state index is -0.238. The van der Waals surface area contributed by atoms with E-state index in [2.05, 4.69) is 30.4 Å². The third-order valence-corrected chi connectivity index (χ3v) is 6.38. The Kier molecular flexibility index (Phi) is 7.00. The second-order valence-electron chi connectivity index (χ2n) is 8.43. The van der Waals surface area contributed by atoms with E-state index in [0.717, 1.165) is 37.8 Å². The largest absolute Gasteiger partial charge is 0.447 e. The molecule has 2 aromatic rings. The number of H-pyrrole nitrogens is 1. The van der Waals surface area contributed by atoms with Crippen LogP contribution in [0.3, 0.4) is 0 Å². The minimum Gasteiger partial charge on any atom is -0.447 e. The molecule has 11 heteroatoms. The molecule has 2 aliphatic rings. The fourth-order valence-electron chi connectivity index (χ4n) is 4.66. The Bertz CT molecular complexity index is 926. The zero-order valence-corrected chi connectivity index (χ0v) is 19.4. The Morgan fingerprint density at radius 3 is 2.66 bits per heavy atom. The monoisotopic (exact) mass is 463 g/mol. The van der Waals surface area contributed by atoms with E-state index in [0.29, 0.717) is 29.3 Å². The lowest BCUT2D eigenvalue weighted by Crippen LogP contribution is -2.58. The Morgan fingerprint density at radius 1 is 1.25 bits per heavy atom. The van der Waals surface area contributed by atoms with Gasteiger partial charge in [-0.1, -0.05) is 11.6 Å². The molecule has 3 atom stereocenters. The summed E-state index contributed by atoms with van der Waals surface area (Å²) in [5, 5.41) is 10.6. The van der Waals surface area contributed by atoms with Crippen LogP contribution in [0, 0.1) is 6.92 Å². The topological polar surface area (TPSA) is 108 Å². The van der Waals surface area contributed by atoms with Gasteiger partial charge in [0, 0.05) is 50.1 Å². The zero-order chi connectivity index (χ0) is 22.7. The molecule has 0 aromatic carbocycles. The summed E-state index contributed by atoms with van der Waals surface area (Å²) >= 11 is 6.30. The number of aromatic nitrogens is 4. The van der Waals surface area contributed by atoms with E-state index in [9.17, 15) is 4.79 Å². The van der Waals surface area contributed by atoms with Crippen molar-refractivity contribution in [2.45, 2.75) is 57.2 Å². The number of amides is 1. The van der Waals surface area contributed by atoms with Crippen molar-refractivity contribution in [3.05, 3.63) is 23.0 Å². The Balaban J connectivity index is 1.46. The maximum atomic E-state index is 12.7. The number of carbonyl (C=O) groups excluding carboxylic acids is 1. The van der Waals surface area contributed by atoms with E-state index >= 15 is 0 Å². The van der Waals surface area contributed by atoms with Crippen molar-refractivity contribution in [2.24, 2.45) is 0 Å². The van der Waals surface area contributed by atoms with E-state index in [1.165, 1.54) is 0 Å². The molecule has 0 spiro atoms. The van der Waals surface area contributed by atoms with Gasteiger partial charge in [0.05, 0.1) is 6.61 Å². The number of anilines is 3. The number of piperidine rings is 2. The summed E-state index contributed by atoms with van der Waals surface area (Å²) in [7, 11) is 3.58. The fourth-order valence-corrected chi connectivity index (χ4v) is 4.84. The number of fused-ring (bicyclic) bond motifs is 2. The first-order valence-electron chi connectivity index (χ1n) is 10.9. The number of aromatic amines is 1. The van der Waals surface area contributed by atoms with Gasteiger partial charge in [0.1, 0.15) is 17.6 Å². The van der Waals surface area contributed by atoms with Crippen molar-refractivity contribution in [1.82, 2.24) is 25.1 Å². The lowest BCUT2D eigenvalue weighted by Gasteiger charge is -2.49. The molecule has 2 N–H and O–H groups in total. The van der Waals surface area contributed by atoms with Gasteiger partial charge in [0.15, 0.2) is 5.82 Å². The van der Waals surface area contributed by atoms with Crippen molar-refractivity contribution in [2.75, 3.05) is 37.6 Å². The van der Waals surface area contributed by atoms with Gasteiger partial charge in [-0.2, -0.15) is 10.1 Å². The van der Waals surface area contributed by atoms with Crippen LogP contribution in [0.15, 0.2) is 12.1 Å². The first-order chi connectivity index (χ1) is 15.4. The van der Waals surface area contributed by atoms with Crippen molar-refractivity contribution in [3.8, 4) is 0 Å². The number of methoxy groups -OCH3 is 1. The highest BCUT2D eigenvalue weighted by atomic mass is 35.5. The van der Waals surface area contributed by atoms with Gasteiger partial charge < -0.3 is 24.6 Å². The molecule has 2 bridgehead atoms.